The van der Waals surface area contributed by atoms with Gasteiger partial charge in [-0.1, -0.05) is 11.6 Å². The molecule has 1 aliphatic heterocycles. The van der Waals surface area contributed by atoms with Crippen molar-refractivity contribution in [1.82, 2.24) is 9.97 Å². The molecule has 2 aromatic heterocycles. The van der Waals surface area contributed by atoms with Crippen molar-refractivity contribution in [3.05, 3.63) is 45.2 Å². The Hall–Kier alpha value is -2.57. The Balaban J connectivity index is 2.11. The van der Waals surface area contributed by atoms with Gasteiger partial charge in [-0.05, 0) is 72.1 Å². The zero-order chi connectivity index (χ0) is 24.1. The van der Waals surface area contributed by atoms with E-state index in [9.17, 15) is 4.79 Å². The number of halogens is 1. The van der Waals surface area contributed by atoms with Crippen LogP contribution < -0.4 is 4.74 Å². The smallest absolute Gasteiger partial charge is 0.339 e. The number of H-pyrrole nitrogens is 1. The highest BCUT2D eigenvalue weighted by atomic mass is 35.5. The molecule has 7 heteroatoms. The molecule has 176 valence electrons. The molecule has 0 spiro atoms. The van der Waals surface area contributed by atoms with E-state index in [2.05, 4.69) is 4.98 Å². The minimum absolute atomic E-state index is 0.474. The minimum atomic E-state index is -0.958. The maximum absolute atomic E-state index is 13.0. The average Bonchev–Trinajstić information content (AvgIpc) is 3.04. The molecule has 1 unspecified atom stereocenters. The number of esters is 1. The summed E-state index contributed by atoms with van der Waals surface area (Å²) in [5.41, 5.74) is 6.26. The molecule has 6 nitrogen and oxygen atoms in total. The van der Waals surface area contributed by atoms with Gasteiger partial charge in [-0.3, -0.25) is 0 Å². The lowest BCUT2D eigenvalue weighted by Gasteiger charge is -2.29. The largest absolute Gasteiger partial charge is 0.493 e. The summed E-state index contributed by atoms with van der Waals surface area (Å²) in [5.74, 6) is 0.341. The topological polar surface area (TPSA) is 73.4 Å². The number of hydrogen-bond donors (Lipinski definition) is 1. The SMILES string of the molecule is COC(=O)C(OC(C)(C)C)c1c(C)nc2[nH]c(C)c(C)c2c1-c1ccc2c(c1Cl)CCCO2. The van der Waals surface area contributed by atoms with Crippen LogP contribution in [0.3, 0.4) is 0 Å². The number of rotatable bonds is 4. The van der Waals surface area contributed by atoms with Crippen LogP contribution in [0.15, 0.2) is 12.1 Å². The van der Waals surface area contributed by atoms with Crippen LogP contribution in [0, 0.1) is 20.8 Å². The van der Waals surface area contributed by atoms with E-state index in [1.54, 1.807) is 0 Å². The van der Waals surface area contributed by atoms with Crippen LogP contribution in [-0.4, -0.2) is 35.3 Å². The highest BCUT2D eigenvalue weighted by Gasteiger charge is 2.35. The van der Waals surface area contributed by atoms with Crippen LogP contribution in [0.2, 0.25) is 5.02 Å². The quantitative estimate of drug-likeness (QED) is 0.462. The van der Waals surface area contributed by atoms with Crippen molar-refractivity contribution in [2.75, 3.05) is 13.7 Å². The standard InChI is InChI=1S/C26H31ClN2O4/c1-13-14(2)28-24-19(13)21(17-10-11-18-16(22(17)27)9-8-12-32-18)20(15(3)29-24)23(25(30)31-7)33-26(4,5)6/h10-11,23H,8-9,12H2,1-7H3,(H,28,29). The van der Waals surface area contributed by atoms with Crippen LogP contribution in [0.4, 0.5) is 0 Å². The van der Waals surface area contributed by atoms with E-state index in [1.165, 1.54) is 7.11 Å². The minimum Gasteiger partial charge on any atom is -0.493 e. The molecule has 0 saturated heterocycles. The summed E-state index contributed by atoms with van der Waals surface area (Å²) in [5, 5.41) is 1.57. The summed E-state index contributed by atoms with van der Waals surface area (Å²) in [4.78, 5) is 21.2. The molecule has 1 atom stereocenters. The predicted molar refractivity (Wildman–Crippen MR) is 130 cm³/mol. The molecule has 0 radical (unpaired) electrons. The van der Waals surface area contributed by atoms with Crippen LogP contribution in [0.25, 0.3) is 22.2 Å². The Morgan fingerprint density at radius 1 is 1.24 bits per heavy atom. The van der Waals surface area contributed by atoms with E-state index in [1.807, 2.05) is 53.7 Å². The molecule has 0 saturated carbocycles. The Morgan fingerprint density at radius 2 is 1.97 bits per heavy atom. The zero-order valence-electron chi connectivity index (χ0n) is 20.3. The highest BCUT2D eigenvalue weighted by Crippen LogP contribution is 2.46. The van der Waals surface area contributed by atoms with E-state index < -0.39 is 17.7 Å². The van der Waals surface area contributed by atoms with Crippen LogP contribution in [-0.2, 0) is 20.7 Å². The third kappa shape index (κ3) is 4.22. The van der Waals surface area contributed by atoms with Crippen molar-refractivity contribution in [2.45, 2.75) is 66.1 Å². The third-order valence-electron chi connectivity index (χ3n) is 6.12. The first-order chi connectivity index (χ1) is 15.5. The fourth-order valence-corrected chi connectivity index (χ4v) is 4.86. The Kier molecular flexibility index (Phi) is 6.18. The summed E-state index contributed by atoms with van der Waals surface area (Å²) < 4.78 is 17.3. The van der Waals surface area contributed by atoms with Crippen molar-refractivity contribution in [2.24, 2.45) is 0 Å². The lowest BCUT2D eigenvalue weighted by Crippen LogP contribution is -2.29. The van der Waals surface area contributed by atoms with E-state index in [-0.39, 0.29) is 0 Å². The second kappa shape index (κ2) is 8.65. The van der Waals surface area contributed by atoms with Gasteiger partial charge in [0.25, 0.3) is 0 Å². The number of hydrogen-bond acceptors (Lipinski definition) is 5. The monoisotopic (exact) mass is 470 g/mol. The van der Waals surface area contributed by atoms with E-state index in [4.69, 9.17) is 30.8 Å². The lowest BCUT2D eigenvalue weighted by molar-refractivity contribution is -0.164. The summed E-state index contributed by atoms with van der Waals surface area (Å²) in [6.07, 6.45) is 0.794. The first-order valence-electron chi connectivity index (χ1n) is 11.2. The molecule has 0 aliphatic carbocycles. The van der Waals surface area contributed by atoms with Gasteiger partial charge in [0, 0.05) is 39.0 Å². The highest BCUT2D eigenvalue weighted by molar-refractivity contribution is 6.35. The van der Waals surface area contributed by atoms with Crippen LogP contribution >= 0.6 is 11.6 Å². The Labute approximate surface area is 199 Å². The van der Waals surface area contributed by atoms with Gasteiger partial charge in [0.15, 0.2) is 6.10 Å². The van der Waals surface area contributed by atoms with Gasteiger partial charge in [-0.15, -0.1) is 0 Å². The van der Waals surface area contributed by atoms with Gasteiger partial charge < -0.3 is 19.2 Å². The molecular formula is C26H31ClN2O4. The zero-order valence-corrected chi connectivity index (χ0v) is 21.1. The van der Waals surface area contributed by atoms with Crippen molar-refractivity contribution in [3.63, 3.8) is 0 Å². The molecule has 1 aromatic carbocycles. The summed E-state index contributed by atoms with van der Waals surface area (Å²) >= 11 is 7.03. The van der Waals surface area contributed by atoms with Crippen molar-refractivity contribution >= 4 is 28.6 Å². The van der Waals surface area contributed by atoms with Crippen molar-refractivity contribution < 1.29 is 19.0 Å². The summed E-state index contributed by atoms with van der Waals surface area (Å²) in [6, 6.07) is 3.94. The average molecular weight is 471 g/mol. The number of nitrogens with zero attached hydrogens (tertiary/aromatic N) is 1. The lowest BCUT2D eigenvalue weighted by atomic mass is 9.89. The number of fused-ring (bicyclic) bond motifs is 2. The van der Waals surface area contributed by atoms with Gasteiger partial charge in [-0.25, -0.2) is 9.78 Å². The van der Waals surface area contributed by atoms with E-state index in [0.717, 1.165) is 57.6 Å². The van der Waals surface area contributed by atoms with Gasteiger partial charge in [-0.2, -0.15) is 0 Å². The molecule has 33 heavy (non-hydrogen) atoms. The Bertz CT molecular complexity index is 1240. The molecular weight excluding hydrogens is 440 g/mol. The molecule has 0 fully saturated rings. The molecule has 0 bridgehead atoms. The summed E-state index contributed by atoms with van der Waals surface area (Å²) in [7, 11) is 1.37. The maximum atomic E-state index is 13.0. The van der Waals surface area contributed by atoms with Crippen LogP contribution in [0.5, 0.6) is 5.75 Å². The number of aromatic amines is 1. The van der Waals surface area contributed by atoms with E-state index in [0.29, 0.717) is 22.9 Å². The molecule has 0 amide bonds. The van der Waals surface area contributed by atoms with Gasteiger partial charge >= 0.3 is 5.97 Å². The molecule has 3 aromatic rings. The normalized spacial score (nSPS) is 14.7. The number of aryl methyl sites for hydroxylation is 3. The van der Waals surface area contributed by atoms with Crippen LogP contribution in [0.1, 0.15) is 61.4 Å². The third-order valence-corrected chi connectivity index (χ3v) is 6.55. The Morgan fingerprint density at radius 3 is 2.64 bits per heavy atom. The number of pyridine rings is 1. The first kappa shape index (κ1) is 23.6. The van der Waals surface area contributed by atoms with Gasteiger partial charge in [0.2, 0.25) is 0 Å². The molecule has 1 N–H and O–H groups in total. The molecule has 3 heterocycles. The van der Waals surface area contributed by atoms with Crippen molar-refractivity contribution in [3.8, 4) is 16.9 Å². The summed E-state index contributed by atoms with van der Waals surface area (Å²) in [6.45, 7) is 12.4. The van der Waals surface area contributed by atoms with Gasteiger partial charge in [0.05, 0.1) is 24.3 Å². The molecule has 4 rings (SSSR count). The fraction of sp³-hybridized carbons (Fsp3) is 0.462. The number of aromatic nitrogens is 2. The fourth-order valence-electron chi connectivity index (χ4n) is 4.51. The number of methoxy groups -OCH3 is 1. The number of carbonyl (C=O) groups excluding carboxylic acids is 1. The molecule has 1 aliphatic rings. The first-order valence-corrected chi connectivity index (χ1v) is 11.6. The number of benzene rings is 1. The predicted octanol–water partition coefficient (Wildman–Crippen LogP) is 6.16. The number of ether oxygens (including phenoxy) is 3. The van der Waals surface area contributed by atoms with Gasteiger partial charge in [0.1, 0.15) is 11.4 Å². The number of carbonyl (C=O) groups is 1. The number of nitrogens with one attached hydrogen (secondary N) is 1. The second-order valence-electron chi connectivity index (χ2n) is 9.57. The second-order valence-corrected chi connectivity index (χ2v) is 9.95. The van der Waals surface area contributed by atoms with Crippen molar-refractivity contribution in [1.29, 1.82) is 0 Å². The maximum Gasteiger partial charge on any atom is 0.339 e. The van der Waals surface area contributed by atoms with E-state index >= 15 is 0 Å².